The molecule has 24 heavy (non-hydrogen) atoms. The molecule has 0 saturated heterocycles. The topological polar surface area (TPSA) is 83.8 Å². The number of furan rings is 1. The van der Waals surface area contributed by atoms with Crippen molar-refractivity contribution in [2.24, 2.45) is 0 Å². The van der Waals surface area contributed by atoms with Crippen LogP contribution in [0, 0.1) is 6.92 Å². The van der Waals surface area contributed by atoms with Crippen LogP contribution in [0.4, 0.5) is 5.69 Å². The normalized spacial score (nSPS) is 10.9. The monoisotopic (exact) mass is 318 g/mol. The lowest BCUT2D eigenvalue weighted by molar-refractivity contribution is 0.102. The molecule has 2 N–H and O–H groups in total. The van der Waals surface area contributed by atoms with Crippen molar-refractivity contribution in [3.05, 3.63) is 66.2 Å². The standard InChI is InChI=1S/C18H14N4O2/c1-11-7-8-12-13(19-11)4-2-5-14(12)20-18(23)16-10-15(21-22-16)17-6-3-9-24-17/h2-10H,1H3,(H,20,23)(H,21,22). The Bertz CT molecular complexity index is 1020. The number of hydrogen-bond donors (Lipinski definition) is 2. The lowest BCUT2D eigenvalue weighted by Gasteiger charge is -2.07. The van der Waals surface area contributed by atoms with Gasteiger partial charge in [0.25, 0.3) is 5.91 Å². The smallest absolute Gasteiger partial charge is 0.276 e. The van der Waals surface area contributed by atoms with Crippen LogP contribution in [0.1, 0.15) is 16.2 Å². The number of carbonyl (C=O) groups is 1. The number of carbonyl (C=O) groups excluding carboxylic acids is 1. The Morgan fingerprint density at radius 1 is 1.17 bits per heavy atom. The Kier molecular flexibility index (Phi) is 3.35. The van der Waals surface area contributed by atoms with E-state index in [1.54, 1.807) is 24.5 Å². The molecule has 0 saturated carbocycles. The van der Waals surface area contributed by atoms with Crippen LogP contribution in [0.3, 0.4) is 0 Å². The summed E-state index contributed by atoms with van der Waals surface area (Å²) < 4.78 is 5.29. The summed E-state index contributed by atoms with van der Waals surface area (Å²) in [4.78, 5) is 16.9. The fourth-order valence-electron chi connectivity index (χ4n) is 2.55. The van der Waals surface area contributed by atoms with E-state index in [1.807, 2.05) is 37.3 Å². The number of amides is 1. The summed E-state index contributed by atoms with van der Waals surface area (Å²) in [7, 11) is 0. The van der Waals surface area contributed by atoms with Crippen molar-refractivity contribution >= 4 is 22.5 Å². The van der Waals surface area contributed by atoms with Crippen molar-refractivity contribution in [1.82, 2.24) is 15.2 Å². The van der Waals surface area contributed by atoms with Crippen molar-refractivity contribution in [2.45, 2.75) is 6.92 Å². The lowest BCUT2D eigenvalue weighted by atomic mass is 10.1. The van der Waals surface area contributed by atoms with Gasteiger partial charge >= 0.3 is 0 Å². The number of nitrogens with one attached hydrogen (secondary N) is 2. The highest BCUT2D eigenvalue weighted by Crippen LogP contribution is 2.23. The number of nitrogens with zero attached hydrogens (tertiary/aromatic N) is 2. The Morgan fingerprint density at radius 3 is 2.92 bits per heavy atom. The van der Waals surface area contributed by atoms with E-state index in [9.17, 15) is 4.79 Å². The van der Waals surface area contributed by atoms with Gasteiger partial charge in [0.05, 0.1) is 17.5 Å². The van der Waals surface area contributed by atoms with E-state index in [-0.39, 0.29) is 5.91 Å². The molecule has 0 fully saturated rings. The fraction of sp³-hybridized carbons (Fsp3) is 0.0556. The SMILES string of the molecule is Cc1ccc2c(NC(=O)c3cc(-c4ccco4)[nH]n3)cccc2n1. The fourth-order valence-corrected chi connectivity index (χ4v) is 2.55. The van der Waals surface area contributed by atoms with Crippen molar-refractivity contribution in [1.29, 1.82) is 0 Å². The molecule has 118 valence electrons. The Hall–Kier alpha value is -3.41. The predicted octanol–water partition coefficient (Wildman–Crippen LogP) is 3.78. The van der Waals surface area contributed by atoms with Crippen LogP contribution in [0.5, 0.6) is 0 Å². The van der Waals surface area contributed by atoms with Gasteiger partial charge in [-0.15, -0.1) is 0 Å². The van der Waals surface area contributed by atoms with E-state index >= 15 is 0 Å². The molecule has 0 aliphatic carbocycles. The molecule has 0 spiro atoms. The molecular weight excluding hydrogens is 304 g/mol. The number of H-pyrrole nitrogens is 1. The van der Waals surface area contributed by atoms with Gasteiger partial charge in [0, 0.05) is 17.1 Å². The van der Waals surface area contributed by atoms with E-state index in [2.05, 4.69) is 20.5 Å². The van der Waals surface area contributed by atoms with Gasteiger partial charge in [-0.25, -0.2) is 0 Å². The first-order valence-corrected chi connectivity index (χ1v) is 7.48. The molecule has 1 amide bonds. The highest BCUT2D eigenvalue weighted by Gasteiger charge is 2.14. The Balaban J connectivity index is 1.63. The quantitative estimate of drug-likeness (QED) is 0.602. The maximum absolute atomic E-state index is 12.5. The van der Waals surface area contributed by atoms with Crippen molar-refractivity contribution < 1.29 is 9.21 Å². The van der Waals surface area contributed by atoms with E-state index < -0.39 is 0 Å². The average Bonchev–Trinajstić information content (AvgIpc) is 3.26. The first kappa shape index (κ1) is 14.2. The van der Waals surface area contributed by atoms with Crippen LogP contribution < -0.4 is 5.32 Å². The minimum absolute atomic E-state index is 0.290. The molecule has 3 aromatic heterocycles. The molecule has 0 unspecified atom stereocenters. The van der Waals surface area contributed by atoms with E-state index in [0.29, 0.717) is 22.8 Å². The molecule has 4 rings (SSSR count). The van der Waals surface area contributed by atoms with Crippen LogP contribution in [-0.4, -0.2) is 21.1 Å². The second kappa shape index (κ2) is 5.66. The van der Waals surface area contributed by atoms with Crippen molar-refractivity contribution in [3.63, 3.8) is 0 Å². The van der Waals surface area contributed by atoms with Gasteiger partial charge in [0.1, 0.15) is 5.69 Å². The molecule has 1 aromatic carbocycles. The van der Waals surface area contributed by atoms with Crippen LogP contribution in [-0.2, 0) is 0 Å². The van der Waals surface area contributed by atoms with Crippen LogP contribution in [0.15, 0.2) is 59.2 Å². The number of rotatable bonds is 3. The first-order valence-electron chi connectivity index (χ1n) is 7.48. The molecule has 3 heterocycles. The summed E-state index contributed by atoms with van der Waals surface area (Å²) in [6.45, 7) is 1.94. The van der Waals surface area contributed by atoms with Gasteiger partial charge in [0.2, 0.25) is 0 Å². The highest BCUT2D eigenvalue weighted by atomic mass is 16.3. The zero-order valence-corrected chi connectivity index (χ0v) is 12.9. The van der Waals surface area contributed by atoms with Gasteiger partial charge in [-0.3, -0.25) is 14.9 Å². The minimum atomic E-state index is -0.294. The number of fused-ring (bicyclic) bond motifs is 1. The lowest BCUT2D eigenvalue weighted by Crippen LogP contribution is -2.12. The zero-order chi connectivity index (χ0) is 16.5. The molecule has 4 aromatic rings. The second-order valence-corrected chi connectivity index (χ2v) is 5.42. The van der Waals surface area contributed by atoms with Crippen LogP contribution in [0.25, 0.3) is 22.4 Å². The Labute approximate surface area is 137 Å². The first-order chi connectivity index (χ1) is 11.7. The van der Waals surface area contributed by atoms with Crippen LogP contribution in [0.2, 0.25) is 0 Å². The number of anilines is 1. The van der Waals surface area contributed by atoms with Gasteiger partial charge in [-0.1, -0.05) is 6.07 Å². The van der Waals surface area contributed by atoms with Gasteiger partial charge in [-0.05, 0) is 43.3 Å². The van der Waals surface area contributed by atoms with Crippen molar-refractivity contribution in [2.75, 3.05) is 5.32 Å². The summed E-state index contributed by atoms with van der Waals surface area (Å²) >= 11 is 0. The second-order valence-electron chi connectivity index (χ2n) is 5.42. The van der Waals surface area contributed by atoms with E-state index in [0.717, 1.165) is 16.6 Å². The predicted molar refractivity (Wildman–Crippen MR) is 90.7 cm³/mol. The van der Waals surface area contributed by atoms with Gasteiger partial charge < -0.3 is 9.73 Å². The Morgan fingerprint density at radius 2 is 2.08 bits per heavy atom. The van der Waals surface area contributed by atoms with E-state index in [4.69, 9.17) is 4.42 Å². The number of aromatic amines is 1. The third kappa shape index (κ3) is 2.54. The maximum Gasteiger partial charge on any atom is 0.276 e. The highest BCUT2D eigenvalue weighted by molar-refractivity contribution is 6.08. The third-order valence-electron chi connectivity index (χ3n) is 3.72. The van der Waals surface area contributed by atoms with Gasteiger partial charge in [-0.2, -0.15) is 5.10 Å². The summed E-state index contributed by atoms with van der Waals surface area (Å²) in [5.41, 5.74) is 3.42. The third-order valence-corrected chi connectivity index (χ3v) is 3.72. The largest absolute Gasteiger partial charge is 0.463 e. The van der Waals surface area contributed by atoms with Gasteiger partial charge in [0.15, 0.2) is 11.5 Å². The average molecular weight is 318 g/mol. The summed E-state index contributed by atoms with van der Waals surface area (Å²) in [6, 6.07) is 14.7. The molecule has 0 atom stereocenters. The minimum Gasteiger partial charge on any atom is -0.463 e. The molecule has 0 aliphatic heterocycles. The maximum atomic E-state index is 12.5. The molecule has 0 bridgehead atoms. The van der Waals surface area contributed by atoms with Crippen LogP contribution >= 0.6 is 0 Å². The molecule has 0 aliphatic rings. The van der Waals surface area contributed by atoms with E-state index in [1.165, 1.54) is 0 Å². The number of aryl methyl sites for hydroxylation is 1. The molecule has 6 nitrogen and oxygen atoms in total. The molecular formula is C18H14N4O2. The number of pyridine rings is 1. The summed E-state index contributed by atoms with van der Waals surface area (Å²) in [5, 5.41) is 10.6. The molecule has 6 heteroatoms. The van der Waals surface area contributed by atoms with Crippen molar-refractivity contribution in [3.8, 4) is 11.5 Å². The summed E-state index contributed by atoms with van der Waals surface area (Å²) in [6.07, 6.45) is 1.57. The number of aromatic nitrogens is 3. The summed E-state index contributed by atoms with van der Waals surface area (Å²) in [5.74, 6) is 0.337. The number of benzene rings is 1. The molecule has 0 radical (unpaired) electrons. The zero-order valence-electron chi connectivity index (χ0n) is 12.9. The number of hydrogen-bond acceptors (Lipinski definition) is 4.